The predicted molar refractivity (Wildman–Crippen MR) is 87.2 cm³/mol. The molecule has 0 aliphatic carbocycles. The van der Waals surface area contributed by atoms with E-state index >= 15 is 0 Å². The van der Waals surface area contributed by atoms with Crippen LogP contribution in [0, 0.1) is 0 Å². The summed E-state index contributed by atoms with van der Waals surface area (Å²) in [5.74, 6) is 0.614. The second-order valence-corrected chi connectivity index (χ2v) is 5.91. The molecule has 21 heavy (non-hydrogen) atoms. The highest BCUT2D eigenvalue weighted by Crippen LogP contribution is 2.20. The van der Waals surface area contributed by atoms with Gasteiger partial charge in [0.1, 0.15) is 0 Å². The number of hydrogen-bond donors (Lipinski definition) is 2. The lowest BCUT2D eigenvalue weighted by Crippen LogP contribution is -2.17. The van der Waals surface area contributed by atoms with Crippen LogP contribution in [0.25, 0.3) is 0 Å². The van der Waals surface area contributed by atoms with Gasteiger partial charge >= 0.3 is 0 Å². The van der Waals surface area contributed by atoms with Crippen molar-refractivity contribution in [3.05, 3.63) is 65.7 Å². The van der Waals surface area contributed by atoms with E-state index < -0.39 is 6.10 Å². The summed E-state index contributed by atoms with van der Waals surface area (Å²) in [6.07, 6.45) is -0.472. The second kappa shape index (κ2) is 8.85. The predicted octanol–water partition coefficient (Wildman–Crippen LogP) is 2.82. The van der Waals surface area contributed by atoms with E-state index in [1.54, 1.807) is 11.8 Å². The zero-order chi connectivity index (χ0) is 14.9. The molecule has 0 heterocycles. The van der Waals surface area contributed by atoms with Gasteiger partial charge in [0, 0.05) is 17.2 Å². The minimum absolute atomic E-state index is 0.346. The van der Waals surface area contributed by atoms with Gasteiger partial charge in [-0.15, -0.1) is 11.8 Å². The van der Waals surface area contributed by atoms with Gasteiger partial charge in [-0.25, -0.2) is 0 Å². The van der Waals surface area contributed by atoms with E-state index in [2.05, 4.69) is 6.07 Å². The fourth-order valence-electron chi connectivity index (χ4n) is 1.89. The molecule has 0 aliphatic heterocycles. The van der Waals surface area contributed by atoms with Gasteiger partial charge in [0.2, 0.25) is 0 Å². The van der Waals surface area contributed by atoms with E-state index in [1.165, 1.54) is 0 Å². The Morgan fingerprint density at radius 1 is 1.05 bits per heavy atom. The highest BCUT2D eigenvalue weighted by Gasteiger charge is 2.06. The lowest BCUT2D eigenvalue weighted by molar-refractivity contribution is 0.0398. The van der Waals surface area contributed by atoms with Crippen molar-refractivity contribution < 1.29 is 9.84 Å². The minimum Gasteiger partial charge on any atom is -0.390 e. The second-order valence-electron chi connectivity index (χ2n) is 4.82. The third-order valence-electron chi connectivity index (χ3n) is 3.00. The summed E-state index contributed by atoms with van der Waals surface area (Å²) in [6.45, 7) is 1.42. The molecule has 4 heteroatoms. The van der Waals surface area contributed by atoms with Crippen LogP contribution in [0.15, 0.2) is 59.5 Å². The standard InChI is InChI=1S/C17H21NO2S/c18-10-15-7-4-8-17(9-15)21-13-16(19)12-20-11-14-5-2-1-3-6-14/h1-9,16,19H,10-13,18H2. The molecule has 3 N–H and O–H groups in total. The first-order valence-electron chi connectivity index (χ1n) is 6.99. The highest BCUT2D eigenvalue weighted by molar-refractivity contribution is 7.99. The Bertz CT molecular complexity index is 533. The first kappa shape index (κ1) is 16.0. The lowest BCUT2D eigenvalue weighted by Gasteiger charge is -2.11. The molecule has 0 aromatic heterocycles. The molecule has 0 amide bonds. The summed E-state index contributed by atoms with van der Waals surface area (Å²) in [5, 5.41) is 9.94. The van der Waals surface area contributed by atoms with Gasteiger partial charge in [0.25, 0.3) is 0 Å². The Balaban J connectivity index is 1.68. The minimum atomic E-state index is -0.472. The van der Waals surface area contributed by atoms with Gasteiger partial charge < -0.3 is 15.6 Å². The molecule has 2 aromatic carbocycles. The molecule has 2 aromatic rings. The Kier molecular flexibility index (Phi) is 6.76. The maximum Gasteiger partial charge on any atom is 0.0867 e. The van der Waals surface area contributed by atoms with Gasteiger partial charge in [-0.1, -0.05) is 42.5 Å². The highest BCUT2D eigenvalue weighted by atomic mass is 32.2. The summed E-state index contributed by atoms with van der Waals surface area (Å²) < 4.78 is 5.53. The molecule has 0 saturated heterocycles. The fourth-order valence-corrected chi connectivity index (χ4v) is 2.78. The van der Waals surface area contributed by atoms with E-state index in [0.717, 1.165) is 16.0 Å². The van der Waals surface area contributed by atoms with Gasteiger partial charge in [0.05, 0.1) is 19.3 Å². The summed E-state index contributed by atoms with van der Waals surface area (Å²) >= 11 is 1.62. The topological polar surface area (TPSA) is 55.5 Å². The molecule has 3 nitrogen and oxygen atoms in total. The zero-order valence-corrected chi connectivity index (χ0v) is 12.8. The van der Waals surface area contributed by atoms with Crippen molar-refractivity contribution in [2.24, 2.45) is 5.73 Å². The van der Waals surface area contributed by atoms with Crippen LogP contribution in [-0.2, 0) is 17.9 Å². The average molecular weight is 303 g/mol. The van der Waals surface area contributed by atoms with E-state index in [0.29, 0.717) is 25.5 Å². The summed E-state index contributed by atoms with van der Waals surface area (Å²) in [6, 6.07) is 18.0. The van der Waals surface area contributed by atoms with Gasteiger partial charge in [-0.2, -0.15) is 0 Å². The molecule has 0 bridgehead atoms. The SMILES string of the molecule is NCc1cccc(SCC(O)COCc2ccccc2)c1. The smallest absolute Gasteiger partial charge is 0.0867 e. The van der Waals surface area contributed by atoms with Crippen molar-refractivity contribution in [1.82, 2.24) is 0 Å². The monoisotopic (exact) mass is 303 g/mol. The Morgan fingerprint density at radius 2 is 1.81 bits per heavy atom. The molecular formula is C17H21NO2S. The largest absolute Gasteiger partial charge is 0.390 e. The van der Waals surface area contributed by atoms with Gasteiger partial charge in [-0.05, 0) is 23.3 Å². The molecule has 112 valence electrons. The van der Waals surface area contributed by atoms with Crippen LogP contribution >= 0.6 is 11.8 Å². The first-order valence-corrected chi connectivity index (χ1v) is 7.98. The number of aliphatic hydroxyl groups is 1. The number of hydrogen-bond acceptors (Lipinski definition) is 4. The van der Waals surface area contributed by atoms with Gasteiger partial charge in [0.15, 0.2) is 0 Å². The van der Waals surface area contributed by atoms with Crippen molar-refractivity contribution in [2.75, 3.05) is 12.4 Å². The molecule has 0 aliphatic rings. The van der Waals surface area contributed by atoms with Crippen LogP contribution in [0.4, 0.5) is 0 Å². The van der Waals surface area contributed by atoms with Crippen LogP contribution in [-0.4, -0.2) is 23.6 Å². The number of thioether (sulfide) groups is 1. The maximum absolute atomic E-state index is 9.94. The van der Waals surface area contributed by atoms with Crippen molar-refractivity contribution in [3.63, 3.8) is 0 Å². The van der Waals surface area contributed by atoms with Crippen LogP contribution in [0.5, 0.6) is 0 Å². The Morgan fingerprint density at radius 3 is 2.57 bits per heavy atom. The number of ether oxygens (including phenoxy) is 1. The molecule has 1 unspecified atom stereocenters. The zero-order valence-electron chi connectivity index (χ0n) is 11.9. The molecule has 0 saturated carbocycles. The number of aliphatic hydroxyl groups excluding tert-OH is 1. The van der Waals surface area contributed by atoms with E-state index in [-0.39, 0.29) is 0 Å². The summed E-state index contributed by atoms with van der Waals surface area (Å²) in [5.41, 5.74) is 7.84. The molecule has 0 spiro atoms. The van der Waals surface area contributed by atoms with Crippen LogP contribution in [0.3, 0.4) is 0 Å². The first-order chi connectivity index (χ1) is 10.3. The molecule has 0 radical (unpaired) electrons. The number of benzene rings is 2. The number of rotatable bonds is 8. The Hall–Kier alpha value is -1.33. The van der Waals surface area contributed by atoms with Gasteiger partial charge in [-0.3, -0.25) is 0 Å². The molecule has 1 atom stereocenters. The van der Waals surface area contributed by atoms with E-state index in [4.69, 9.17) is 10.5 Å². The normalized spacial score (nSPS) is 12.3. The van der Waals surface area contributed by atoms with Crippen LogP contribution in [0.2, 0.25) is 0 Å². The fraction of sp³-hybridized carbons (Fsp3) is 0.294. The molecular weight excluding hydrogens is 282 g/mol. The van der Waals surface area contributed by atoms with Crippen LogP contribution in [0.1, 0.15) is 11.1 Å². The van der Waals surface area contributed by atoms with Crippen LogP contribution < -0.4 is 5.73 Å². The Labute approximate surface area is 130 Å². The molecule has 2 rings (SSSR count). The average Bonchev–Trinajstić information content (AvgIpc) is 2.54. The summed E-state index contributed by atoms with van der Waals surface area (Å²) in [4.78, 5) is 1.13. The van der Waals surface area contributed by atoms with E-state index in [1.807, 2.05) is 48.5 Å². The van der Waals surface area contributed by atoms with Crippen molar-refractivity contribution in [2.45, 2.75) is 24.2 Å². The third kappa shape index (κ3) is 5.89. The quantitative estimate of drug-likeness (QED) is 0.736. The van der Waals surface area contributed by atoms with Crippen molar-refractivity contribution in [1.29, 1.82) is 0 Å². The van der Waals surface area contributed by atoms with E-state index in [9.17, 15) is 5.11 Å². The van der Waals surface area contributed by atoms with Crippen molar-refractivity contribution >= 4 is 11.8 Å². The lowest BCUT2D eigenvalue weighted by atomic mass is 10.2. The third-order valence-corrected chi connectivity index (χ3v) is 4.14. The van der Waals surface area contributed by atoms with Crippen molar-refractivity contribution in [3.8, 4) is 0 Å². The number of nitrogens with two attached hydrogens (primary N) is 1. The maximum atomic E-state index is 9.94. The molecule has 0 fully saturated rings. The summed E-state index contributed by atoms with van der Waals surface area (Å²) in [7, 11) is 0.